The SMILES string of the molecule is CCOc1cccc2c1N[C@H](c1cccc([N+](=O)[O-])c1)C1CC=CC21. The van der Waals surface area contributed by atoms with Gasteiger partial charge in [0.05, 0.1) is 23.3 Å². The normalized spacial score (nSPS) is 23.5. The molecule has 1 aliphatic heterocycles. The number of allylic oxidation sites excluding steroid dienone is 2. The van der Waals surface area contributed by atoms with Crippen molar-refractivity contribution >= 4 is 11.4 Å². The number of nitrogens with zero attached hydrogens (tertiary/aromatic N) is 1. The Morgan fingerprint density at radius 3 is 2.92 bits per heavy atom. The van der Waals surface area contributed by atoms with E-state index in [1.54, 1.807) is 12.1 Å². The fourth-order valence-corrected chi connectivity index (χ4v) is 4.03. The van der Waals surface area contributed by atoms with Gasteiger partial charge in [0.2, 0.25) is 0 Å². The van der Waals surface area contributed by atoms with E-state index in [1.165, 1.54) is 11.6 Å². The highest BCUT2D eigenvalue weighted by Gasteiger charge is 2.39. The van der Waals surface area contributed by atoms with E-state index < -0.39 is 0 Å². The van der Waals surface area contributed by atoms with E-state index in [4.69, 9.17) is 4.74 Å². The molecule has 0 radical (unpaired) electrons. The Kier molecular flexibility index (Phi) is 3.92. The van der Waals surface area contributed by atoms with E-state index in [-0.39, 0.29) is 16.7 Å². The first kappa shape index (κ1) is 15.7. The zero-order chi connectivity index (χ0) is 17.4. The number of anilines is 1. The summed E-state index contributed by atoms with van der Waals surface area (Å²) in [5, 5.41) is 14.8. The van der Waals surface area contributed by atoms with Crippen LogP contribution in [0.3, 0.4) is 0 Å². The molecule has 0 saturated carbocycles. The molecule has 1 aliphatic carbocycles. The fraction of sp³-hybridized carbons (Fsp3) is 0.300. The summed E-state index contributed by atoms with van der Waals surface area (Å²) in [6.45, 7) is 2.57. The van der Waals surface area contributed by atoms with Gasteiger partial charge in [-0.2, -0.15) is 0 Å². The zero-order valence-electron chi connectivity index (χ0n) is 14.0. The number of hydrogen-bond donors (Lipinski definition) is 1. The second-order valence-corrected chi connectivity index (χ2v) is 6.48. The number of fused-ring (bicyclic) bond motifs is 3. The lowest BCUT2D eigenvalue weighted by Crippen LogP contribution is -2.29. The van der Waals surface area contributed by atoms with Crippen LogP contribution in [0.5, 0.6) is 5.75 Å². The minimum Gasteiger partial charge on any atom is -0.492 e. The highest BCUT2D eigenvalue weighted by molar-refractivity contribution is 5.67. The number of nitro benzene ring substituents is 1. The smallest absolute Gasteiger partial charge is 0.269 e. The van der Waals surface area contributed by atoms with Crippen molar-refractivity contribution in [3.8, 4) is 5.75 Å². The van der Waals surface area contributed by atoms with Gasteiger partial charge in [0, 0.05) is 18.1 Å². The van der Waals surface area contributed by atoms with Crippen LogP contribution >= 0.6 is 0 Å². The minimum atomic E-state index is -0.337. The van der Waals surface area contributed by atoms with Crippen molar-refractivity contribution in [2.24, 2.45) is 5.92 Å². The first-order valence-electron chi connectivity index (χ1n) is 8.62. The van der Waals surface area contributed by atoms with E-state index in [0.29, 0.717) is 18.4 Å². The van der Waals surface area contributed by atoms with Crippen molar-refractivity contribution in [1.82, 2.24) is 0 Å². The van der Waals surface area contributed by atoms with Crippen molar-refractivity contribution in [1.29, 1.82) is 0 Å². The number of rotatable bonds is 4. The molecule has 3 atom stereocenters. The lowest BCUT2D eigenvalue weighted by Gasteiger charge is -2.38. The highest BCUT2D eigenvalue weighted by Crippen LogP contribution is 2.52. The molecule has 0 bridgehead atoms. The third-order valence-electron chi connectivity index (χ3n) is 5.10. The summed E-state index contributed by atoms with van der Waals surface area (Å²) in [4.78, 5) is 10.8. The number of benzene rings is 2. The van der Waals surface area contributed by atoms with Crippen LogP contribution in [0.1, 0.15) is 36.4 Å². The van der Waals surface area contributed by atoms with Gasteiger partial charge in [0.1, 0.15) is 5.75 Å². The fourth-order valence-electron chi connectivity index (χ4n) is 4.03. The molecule has 128 valence electrons. The van der Waals surface area contributed by atoms with Crippen molar-refractivity contribution in [2.75, 3.05) is 11.9 Å². The van der Waals surface area contributed by atoms with E-state index in [0.717, 1.165) is 23.4 Å². The highest BCUT2D eigenvalue weighted by atomic mass is 16.6. The van der Waals surface area contributed by atoms with Crippen LogP contribution in [-0.2, 0) is 0 Å². The first-order chi connectivity index (χ1) is 12.2. The van der Waals surface area contributed by atoms with Crippen molar-refractivity contribution in [2.45, 2.75) is 25.3 Å². The Morgan fingerprint density at radius 2 is 2.12 bits per heavy atom. The maximum Gasteiger partial charge on any atom is 0.269 e. The maximum atomic E-state index is 11.2. The predicted molar refractivity (Wildman–Crippen MR) is 97.1 cm³/mol. The summed E-state index contributed by atoms with van der Waals surface area (Å²) >= 11 is 0. The standard InChI is InChI=1S/C20H20N2O3/c1-2-25-18-11-5-10-17-15-8-4-9-16(15)19(21-20(17)18)13-6-3-7-14(12-13)22(23)24/h3-8,10-12,15-16,19,21H,2,9H2,1H3/t15?,16?,19-/m1/s1. The van der Waals surface area contributed by atoms with Gasteiger partial charge in [-0.1, -0.05) is 36.4 Å². The molecular weight excluding hydrogens is 316 g/mol. The van der Waals surface area contributed by atoms with Crippen LogP contribution in [0.2, 0.25) is 0 Å². The number of non-ortho nitro benzene ring substituents is 1. The molecule has 0 saturated heterocycles. The van der Waals surface area contributed by atoms with Crippen molar-refractivity contribution in [3.63, 3.8) is 0 Å². The van der Waals surface area contributed by atoms with Crippen LogP contribution in [0.25, 0.3) is 0 Å². The zero-order valence-corrected chi connectivity index (χ0v) is 14.0. The summed E-state index contributed by atoms with van der Waals surface area (Å²) in [7, 11) is 0. The Balaban J connectivity index is 1.79. The second-order valence-electron chi connectivity index (χ2n) is 6.48. The van der Waals surface area contributed by atoms with Crippen molar-refractivity contribution < 1.29 is 9.66 Å². The molecule has 2 aliphatic rings. The van der Waals surface area contributed by atoms with E-state index in [9.17, 15) is 10.1 Å². The molecule has 0 amide bonds. The number of nitrogens with one attached hydrogen (secondary N) is 1. The number of para-hydroxylation sites is 1. The largest absolute Gasteiger partial charge is 0.492 e. The number of nitro groups is 1. The maximum absolute atomic E-state index is 11.2. The predicted octanol–water partition coefficient (Wildman–Crippen LogP) is 4.82. The summed E-state index contributed by atoms with van der Waals surface area (Å²) in [6.07, 6.45) is 5.43. The van der Waals surface area contributed by atoms with E-state index in [1.807, 2.05) is 25.1 Å². The average molecular weight is 336 g/mol. The van der Waals surface area contributed by atoms with Crippen LogP contribution in [0.15, 0.2) is 54.6 Å². The third-order valence-corrected chi connectivity index (χ3v) is 5.10. The summed E-state index contributed by atoms with van der Waals surface area (Å²) in [5.74, 6) is 1.50. The molecule has 5 heteroatoms. The van der Waals surface area contributed by atoms with Gasteiger partial charge in [-0.25, -0.2) is 0 Å². The molecule has 2 unspecified atom stereocenters. The van der Waals surface area contributed by atoms with Gasteiger partial charge in [0.15, 0.2) is 0 Å². The van der Waals surface area contributed by atoms with Crippen molar-refractivity contribution in [3.05, 3.63) is 75.9 Å². The Hall–Kier alpha value is -2.82. The topological polar surface area (TPSA) is 64.4 Å². The lowest BCUT2D eigenvalue weighted by molar-refractivity contribution is -0.384. The molecular formula is C20H20N2O3. The second kappa shape index (κ2) is 6.24. The Labute approximate surface area is 146 Å². The molecule has 0 fully saturated rings. The Bertz CT molecular complexity index is 847. The van der Waals surface area contributed by atoms with Gasteiger partial charge in [-0.05, 0) is 36.5 Å². The molecule has 0 aromatic heterocycles. The molecule has 4 rings (SSSR count). The van der Waals surface area contributed by atoms with Crippen LogP contribution in [-0.4, -0.2) is 11.5 Å². The number of hydrogen-bond acceptors (Lipinski definition) is 4. The molecule has 5 nitrogen and oxygen atoms in total. The van der Waals surface area contributed by atoms with Gasteiger partial charge < -0.3 is 10.1 Å². The van der Waals surface area contributed by atoms with E-state index in [2.05, 4.69) is 23.5 Å². The first-order valence-corrected chi connectivity index (χ1v) is 8.62. The summed E-state index contributed by atoms with van der Waals surface area (Å²) in [6, 6.07) is 13.1. The lowest BCUT2D eigenvalue weighted by atomic mass is 9.77. The monoisotopic (exact) mass is 336 g/mol. The summed E-state index contributed by atoms with van der Waals surface area (Å²) < 4.78 is 5.80. The third kappa shape index (κ3) is 2.65. The molecule has 0 spiro atoms. The van der Waals surface area contributed by atoms with Gasteiger partial charge in [-0.15, -0.1) is 0 Å². The Morgan fingerprint density at radius 1 is 1.28 bits per heavy atom. The minimum absolute atomic E-state index is 0.0222. The van der Waals surface area contributed by atoms with Gasteiger partial charge in [-0.3, -0.25) is 10.1 Å². The molecule has 2 aromatic carbocycles. The van der Waals surface area contributed by atoms with Crippen LogP contribution in [0, 0.1) is 16.0 Å². The quantitative estimate of drug-likeness (QED) is 0.494. The summed E-state index contributed by atoms with van der Waals surface area (Å²) in [5.41, 5.74) is 3.33. The molecule has 2 aromatic rings. The van der Waals surface area contributed by atoms with Gasteiger partial charge >= 0.3 is 0 Å². The van der Waals surface area contributed by atoms with E-state index >= 15 is 0 Å². The molecule has 25 heavy (non-hydrogen) atoms. The van der Waals surface area contributed by atoms with Gasteiger partial charge in [0.25, 0.3) is 5.69 Å². The van der Waals surface area contributed by atoms with Crippen LogP contribution < -0.4 is 10.1 Å². The molecule has 1 heterocycles. The van der Waals surface area contributed by atoms with Crippen LogP contribution in [0.4, 0.5) is 11.4 Å². The average Bonchev–Trinajstić information content (AvgIpc) is 3.12. The molecule has 1 N–H and O–H groups in total. The number of ether oxygens (including phenoxy) is 1.